The second-order valence-corrected chi connectivity index (χ2v) is 9.66. The third-order valence-electron chi connectivity index (χ3n) is 7.55. The van der Waals surface area contributed by atoms with Crippen LogP contribution in [0.3, 0.4) is 0 Å². The molecule has 2 aromatic carbocycles. The van der Waals surface area contributed by atoms with E-state index in [2.05, 4.69) is 10.6 Å². The highest BCUT2D eigenvalue weighted by Gasteiger charge is 2.65. The number of carbonyl (C=O) groups is 3. The number of rotatable bonds is 8. The van der Waals surface area contributed by atoms with Crippen molar-refractivity contribution in [3.05, 3.63) is 59.7 Å². The molecule has 5 rings (SSSR count). The van der Waals surface area contributed by atoms with Crippen LogP contribution < -0.4 is 10.6 Å². The van der Waals surface area contributed by atoms with Gasteiger partial charge in [-0.2, -0.15) is 0 Å². The fraction of sp³-hybridized carbons (Fsp3) is 0.423. The SMILES string of the molecule is O=C(NC(CC(F)F)C(=O)N[C@H]1C[C@@H]2C[C@]2(C(=O)O)C1)OCC1c2ccccc2-c2ccccc21. The zero-order valence-electron chi connectivity index (χ0n) is 18.9. The number of ether oxygens (including phenoxy) is 1. The van der Waals surface area contributed by atoms with Crippen molar-refractivity contribution in [2.24, 2.45) is 11.3 Å². The highest BCUT2D eigenvalue weighted by Crippen LogP contribution is 2.63. The molecule has 0 saturated heterocycles. The number of hydrogen-bond donors (Lipinski definition) is 3. The molecule has 2 saturated carbocycles. The second kappa shape index (κ2) is 8.94. The first-order valence-electron chi connectivity index (χ1n) is 11.7. The van der Waals surface area contributed by atoms with E-state index in [0.717, 1.165) is 22.3 Å². The number of fused-ring (bicyclic) bond motifs is 4. The molecular formula is C26H26F2N2O5. The summed E-state index contributed by atoms with van der Waals surface area (Å²) in [5, 5.41) is 14.3. The molecule has 0 aromatic heterocycles. The van der Waals surface area contributed by atoms with Gasteiger partial charge in [0.1, 0.15) is 12.6 Å². The first-order valence-corrected chi connectivity index (χ1v) is 11.7. The van der Waals surface area contributed by atoms with Crippen LogP contribution in [-0.4, -0.2) is 48.2 Å². The first kappa shape index (κ1) is 23.3. The third-order valence-corrected chi connectivity index (χ3v) is 7.55. The standard InChI is InChI=1S/C26H26F2N2O5/c27-22(28)10-21(23(31)29-15-9-14-11-26(14,12-15)24(32)33)30-25(34)35-13-20-18-7-3-1-5-16(18)17-6-2-4-8-19(17)20/h1-8,14-15,20-22H,9-13H2,(H,29,31)(H,30,34)(H,32,33)/t14-,15+,21?,26+/m1/s1. The maximum absolute atomic E-state index is 13.2. The Hall–Kier alpha value is -3.49. The number of alkyl halides is 2. The second-order valence-electron chi connectivity index (χ2n) is 9.66. The largest absolute Gasteiger partial charge is 0.481 e. The van der Waals surface area contributed by atoms with E-state index < -0.39 is 48.3 Å². The minimum atomic E-state index is -2.82. The predicted molar refractivity (Wildman–Crippen MR) is 122 cm³/mol. The van der Waals surface area contributed by atoms with E-state index in [9.17, 15) is 28.3 Å². The Balaban J connectivity index is 1.20. The molecule has 2 amide bonds. The molecular weight excluding hydrogens is 458 g/mol. The number of benzene rings is 2. The molecule has 184 valence electrons. The Morgan fingerprint density at radius 3 is 2.23 bits per heavy atom. The van der Waals surface area contributed by atoms with Crippen LogP contribution in [-0.2, 0) is 14.3 Å². The van der Waals surface area contributed by atoms with Crippen molar-refractivity contribution in [2.45, 2.75) is 50.1 Å². The summed E-state index contributed by atoms with van der Waals surface area (Å²) < 4.78 is 31.7. The summed E-state index contributed by atoms with van der Waals surface area (Å²) in [6.07, 6.45) is -3.30. The van der Waals surface area contributed by atoms with Crippen LogP contribution >= 0.6 is 0 Å². The zero-order valence-corrected chi connectivity index (χ0v) is 18.9. The van der Waals surface area contributed by atoms with Crippen molar-refractivity contribution in [1.29, 1.82) is 0 Å². The molecule has 0 heterocycles. The van der Waals surface area contributed by atoms with Gasteiger partial charge < -0.3 is 20.5 Å². The highest BCUT2D eigenvalue weighted by molar-refractivity contribution is 5.86. The average Bonchev–Trinajstić information content (AvgIpc) is 3.26. The highest BCUT2D eigenvalue weighted by atomic mass is 19.3. The van der Waals surface area contributed by atoms with E-state index in [-0.39, 0.29) is 24.9 Å². The summed E-state index contributed by atoms with van der Waals surface area (Å²) >= 11 is 0. The fourth-order valence-corrected chi connectivity index (χ4v) is 5.76. The van der Waals surface area contributed by atoms with Gasteiger partial charge in [0.05, 0.1) is 5.41 Å². The van der Waals surface area contributed by atoms with E-state index >= 15 is 0 Å². The van der Waals surface area contributed by atoms with E-state index in [1.54, 1.807) is 0 Å². The van der Waals surface area contributed by atoms with E-state index in [4.69, 9.17) is 4.74 Å². The fourth-order valence-electron chi connectivity index (χ4n) is 5.76. The molecule has 0 aliphatic heterocycles. The van der Waals surface area contributed by atoms with Crippen molar-refractivity contribution in [3.63, 3.8) is 0 Å². The molecule has 9 heteroatoms. The Labute approximate surface area is 200 Å². The zero-order chi connectivity index (χ0) is 24.7. The van der Waals surface area contributed by atoms with Gasteiger partial charge in [0, 0.05) is 18.4 Å². The number of aliphatic carboxylic acids is 1. The predicted octanol–water partition coefficient (Wildman–Crippen LogP) is 3.92. The Morgan fingerprint density at radius 2 is 1.66 bits per heavy atom. The lowest BCUT2D eigenvalue weighted by Crippen LogP contribution is -2.50. The summed E-state index contributed by atoms with van der Waals surface area (Å²) in [5.74, 6) is -1.85. The van der Waals surface area contributed by atoms with Gasteiger partial charge in [0.2, 0.25) is 12.3 Å². The summed E-state index contributed by atoms with van der Waals surface area (Å²) in [6.45, 7) is -0.00564. The van der Waals surface area contributed by atoms with Crippen molar-refractivity contribution in [3.8, 4) is 11.1 Å². The molecule has 3 aliphatic rings. The molecule has 7 nitrogen and oxygen atoms in total. The van der Waals surface area contributed by atoms with Gasteiger partial charge in [-0.15, -0.1) is 0 Å². The summed E-state index contributed by atoms with van der Waals surface area (Å²) in [7, 11) is 0. The quantitative estimate of drug-likeness (QED) is 0.527. The normalized spacial score (nSPS) is 24.8. The van der Waals surface area contributed by atoms with E-state index in [1.807, 2.05) is 48.5 Å². The number of carbonyl (C=O) groups excluding carboxylic acids is 2. The molecule has 0 spiro atoms. The molecule has 0 bridgehead atoms. The van der Waals surface area contributed by atoms with Crippen molar-refractivity contribution < 1.29 is 33.0 Å². The van der Waals surface area contributed by atoms with Crippen LogP contribution in [0.4, 0.5) is 13.6 Å². The molecule has 2 aromatic rings. The average molecular weight is 484 g/mol. The first-order chi connectivity index (χ1) is 16.8. The number of carboxylic acids is 1. The summed E-state index contributed by atoms with van der Waals surface area (Å²) in [4.78, 5) is 36.7. The Kier molecular flexibility index (Phi) is 5.94. The molecule has 3 aliphatic carbocycles. The lowest BCUT2D eigenvalue weighted by Gasteiger charge is -2.22. The van der Waals surface area contributed by atoms with Crippen molar-refractivity contribution in [1.82, 2.24) is 10.6 Å². The minimum absolute atomic E-state index is 0.00561. The van der Waals surface area contributed by atoms with E-state index in [1.165, 1.54) is 0 Å². The minimum Gasteiger partial charge on any atom is -0.481 e. The van der Waals surface area contributed by atoms with Gasteiger partial charge in [-0.25, -0.2) is 13.6 Å². The van der Waals surface area contributed by atoms with Crippen LogP contribution in [0, 0.1) is 11.3 Å². The monoisotopic (exact) mass is 484 g/mol. The van der Waals surface area contributed by atoms with Gasteiger partial charge >= 0.3 is 12.1 Å². The lowest BCUT2D eigenvalue weighted by atomic mass is 9.98. The van der Waals surface area contributed by atoms with Gasteiger partial charge in [-0.3, -0.25) is 9.59 Å². The van der Waals surface area contributed by atoms with Gasteiger partial charge in [-0.1, -0.05) is 48.5 Å². The third kappa shape index (κ3) is 4.35. The van der Waals surface area contributed by atoms with Gasteiger partial charge in [0.15, 0.2) is 0 Å². The molecule has 35 heavy (non-hydrogen) atoms. The molecule has 0 radical (unpaired) electrons. The van der Waals surface area contributed by atoms with Crippen molar-refractivity contribution in [2.75, 3.05) is 6.61 Å². The number of carboxylic acid groups (broad SMARTS) is 1. The summed E-state index contributed by atoms with van der Waals surface area (Å²) in [6, 6.07) is 13.7. The van der Waals surface area contributed by atoms with Crippen molar-refractivity contribution >= 4 is 18.0 Å². The number of amides is 2. The Bertz CT molecular complexity index is 1130. The smallest absolute Gasteiger partial charge is 0.407 e. The molecule has 2 fully saturated rings. The number of hydrogen-bond acceptors (Lipinski definition) is 4. The number of halogens is 2. The topological polar surface area (TPSA) is 105 Å². The summed E-state index contributed by atoms with van der Waals surface area (Å²) in [5.41, 5.74) is 3.32. The maximum Gasteiger partial charge on any atom is 0.407 e. The van der Waals surface area contributed by atoms with Crippen LogP contribution in [0.15, 0.2) is 48.5 Å². The number of alkyl carbamates (subject to hydrolysis) is 1. The molecule has 1 unspecified atom stereocenters. The van der Waals surface area contributed by atoms with E-state index in [0.29, 0.717) is 12.8 Å². The maximum atomic E-state index is 13.2. The number of nitrogens with one attached hydrogen (secondary N) is 2. The van der Waals surface area contributed by atoms with Crippen LogP contribution in [0.1, 0.15) is 42.7 Å². The van der Waals surface area contributed by atoms with Gasteiger partial charge in [0.25, 0.3) is 0 Å². The lowest BCUT2D eigenvalue weighted by molar-refractivity contribution is -0.143. The molecule has 4 atom stereocenters. The Morgan fingerprint density at radius 1 is 1.03 bits per heavy atom. The van der Waals surface area contributed by atoms with Crippen LogP contribution in [0.2, 0.25) is 0 Å². The molecule has 3 N–H and O–H groups in total. The van der Waals surface area contributed by atoms with Crippen LogP contribution in [0.25, 0.3) is 11.1 Å². The van der Waals surface area contributed by atoms with Gasteiger partial charge in [-0.05, 0) is 47.4 Å². The van der Waals surface area contributed by atoms with Crippen LogP contribution in [0.5, 0.6) is 0 Å².